The molecule has 4 aromatic carbocycles. The van der Waals surface area contributed by atoms with Crippen molar-refractivity contribution in [2.45, 2.75) is 37.7 Å². The van der Waals surface area contributed by atoms with Crippen molar-refractivity contribution < 1.29 is 33.4 Å². The first kappa shape index (κ1) is 33.7. The van der Waals surface area contributed by atoms with Gasteiger partial charge >= 0.3 is 0 Å². The number of hydrogen-bond donors (Lipinski definition) is 2. The molecule has 4 aliphatic rings. The third-order valence-corrected chi connectivity index (χ3v) is 11.5. The van der Waals surface area contributed by atoms with Crippen molar-refractivity contribution in [3.63, 3.8) is 0 Å². The van der Waals surface area contributed by atoms with Crippen LogP contribution in [-0.4, -0.2) is 45.2 Å². The fraction of sp³-hybridized carbons (Fsp3) is 0.268. The van der Waals surface area contributed by atoms with Gasteiger partial charge in [-0.1, -0.05) is 71.8 Å². The standard InChI is InChI=1S/C41H35ClFN3O6/c1-2-45-37(48)31-19-18-29-32(35(31)39(45)50)21-33-38(49)46(44-27-14-12-26(43)13-15-27)40(51)41(33,24-8-10-25(42)11-9-24)36(29)30-17-16-28(20-34(30)47)52-22-23-6-4-3-5-7-23/h3-18,20,31-33,35-36,44,47H,2,19,21-22H2,1H3. The summed E-state index contributed by atoms with van der Waals surface area (Å²) in [6.45, 7) is 2.25. The number of hydrazine groups is 1. The quantitative estimate of drug-likeness (QED) is 0.153. The predicted molar refractivity (Wildman–Crippen MR) is 190 cm³/mol. The molecule has 6 atom stereocenters. The van der Waals surface area contributed by atoms with Gasteiger partial charge in [-0.05, 0) is 79.3 Å². The Morgan fingerprint density at radius 3 is 2.33 bits per heavy atom. The normalized spacial score (nSPS) is 26.5. The van der Waals surface area contributed by atoms with Crippen molar-refractivity contribution in [1.29, 1.82) is 0 Å². The number of fused-ring (bicyclic) bond motifs is 4. The van der Waals surface area contributed by atoms with Gasteiger partial charge in [-0.25, -0.2) is 4.39 Å². The average Bonchev–Trinajstić information content (AvgIpc) is 3.52. The van der Waals surface area contributed by atoms with Crippen molar-refractivity contribution >= 4 is 40.9 Å². The smallest absolute Gasteiger partial charge is 0.260 e. The lowest BCUT2D eigenvalue weighted by Gasteiger charge is -2.50. The number of hydrogen-bond acceptors (Lipinski definition) is 7. The van der Waals surface area contributed by atoms with Crippen molar-refractivity contribution in [2.75, 3.05) is 12.0 Å². The number of amides is 4. The fourth-order valence-electron chi connectivity index (χ4n) is 8.97. The Morgan fingerprint density at radius 1 is 0.904 bits per heavy atom. The summed E-state index contributed by atoms with van der Waals surface area (Å²) < 4.78 is 19.9. The third kappa shape index (κ3) is 5.19. The maximum Gasteiger partial charge on any atom is 0.260 e. The van der Waals surface area contributed by atoms with Crippen molar-refractivity contribution in [1.82, 2.24) is 9.91 Å². The number of rotatable bonds is 8. The fourth-order valence-corrected chi connectivity index (χ4v) is 9.10. The minimum Gasteiger partial charge on any atom is -0.508 e. The Hall–Kier alpha value is -5.48. The first-order valence-electron chi connectivity index (χ1n) is 17.3. The van der Waals surface area contributed by atoms with Gasteiger partial charge in [0.2, 0.25) is 11.8 Å². The van der Waals surface area contributed by atoms with Gasteiger partial charge in [0, 0.05) is 29.1 Å². The third-order valence-electron chi connectivity index (χ3n) is 11.2. The molecule has 0 bridgehead atoms. The molecule has 2 aliphatic heterocycles. The highest BCUT2D eigenvalue weighted by Crippen LogP contribution is 2.65. The summed E-state index contributed by atoms with van der Waals surface area (Å²) in [5.41, 5.74) is 4.16. The van der Waals surface area contributed by atoms with Crippen LogP contribution in [0.2, 0.25) is 5.02 Å². The molecule has 11 heteroatoms. The molecule has 52 heavy (non-hydrogen) atoms. The van der Waals surface area contributed by atoms with E-state index in [4.69, 9.17) is 16.3 Å². The number of phenols is 1. The molecule has 2 N–H and O–H groups in total. The van der Waals surface area contributed by atoms with E-state index < -0.39 is 52.6 Å². The SMILES string of the molecule is CCN1C(=O)C2CC=C3C(CC4C(=O)N(Nc5ccc(F)cc5)C(=O)C4(c4ccc(Cl)cc4)C3c3ccc(OCc4ccccc4)cc3O)C2C1=O. The van der Waals surface area contributed by atoms with Crippen LogP contribution in [-0.2, 0) is 31.2 Å². The zero-order valence-corrected chi connectivity index (χ0v) is 28.9. The minimum atomic E-state index is -1.61. The van der Waals surface area contributed by atoms with Crippen LogP contribution in [0.4, 0.5) is 10.1 Å². The van der Waals surface area contributed by atoms with Crippen molar-refractivity contribution in [3.8, 4) is 11.5 Å². The second-order valence-electron chi connectivity index (χ2n) is 13.8. The first-order chi connectivity index (χ1) is 25.1. The van der Waals surface area contributed by atoms with Crippen LogP contribution >= 0.6 is 11.6 Å². The number of nitrogens with zero attached hydrogens (tertiary/aromatic N) is 2. The van der Waals surface area contributed by atoms with Crippen LogP contribution in [0.25, 0.3) is 0 Å². The monoisotopic (exact) mass is 719 g/mol. The molecule has 6 unspecified atom stereocenters. The molecular formula is C41H35ClFN3O6. The largest absolute Gasteiger partial charge is 0.508 e. The number of benzene rings is 4. The van der Waals surface area contributed by atoms with Gasteiger partial charge in [-0.15, -0.1) is 0 Å². The van der Waals surface area contributed by atoms with Gasteiger partial charge in [0.15, 0.2) is 0 Å². The lowest BCUT2D eigenvalue weighted by atomic mass is 9.49. The number of carbonyl (C=O) groups excluding carboxylic acids is 4. The number of ether oxygens (including phenoxy) is 1. The van der Waals surface area contributed by atoms with E-state index in [2.05, 4.69) is 5.43 Å². The van der Waals surface area contributed by atoms with E-state index in [1.807, 2.05) is 36.4 Å². The average molecular weight is 720 g/mol. The number of nitrogens with one attached hydrogen (secondary N) is 1. The van der Waals surface area contributed by atoms with Gasteiger partial charge in [-0.2, -0.15) is 5.01 Å². The lowest BCUT2D eigenvalue weighted by molar-refractivity contribution is -0.141. The number of likely N-dealkylation sites (tertiary alicyclic amines) is 1. The van der Waals surface area contributed by atoms with Gasteiger partial charge in [0.1, 0.15) is 23.9 Å². The van der Waals surface area contributed by atoms with Gasteiger partial charge in [0.25, 0.3) is 11.8 Å². The van der Waals surface area contributed by atoms with E-state index in [-0.39, 0.29) is 43.6 Å². The highest BCUT2D eigenvalue weighted by atomic mass is 35.5. The van der Waals surface area contributed by atoms with Crippen molar-refractivity contribution in [3.05, 3.63) is 136 Å². The molecule has 0 aromatic heterocycles. The summed E-state index contributed by atoms with van der Waals surface area (Å²) in [6, 6.07) is 26.6. The molecule has 4 amide bonds. The van der Waals surface area contributed by atoms with Gasteiger partial charge in [-0.3, -0.25) is 29.5 Å². The first-order valence-corrected chi connectivity index (χ1v) is 17.7. The van der Waals surface area contributed by atoms with Crippen LogP contribution in [0, 0.1) is 29.5 Å². The predicted octanol–water partition coefficient (Wildman–Crippen LogP) is 6.77. The summed E-state index contributed by atoms with van der Waals surface area (Å²) in [6.07, 6.45) is 2.31. The number of allylic oxidation sites excluding steroid dienone is 2. The Labute approximate surface area is 304 Å². The maximum atomic E-state index is 15.2. The van der Waals surface area contributed by atoms with Crippen LogP contribution in [0.15, 0.2) is 109 Å². The second kappa shape index (κ2) is 12.9. The van der Waals surface area contributed by atoms with E-state index >= 15 is 4.79 Å². The molecule has 0 radical (unpaired) electrons. The lowest BCUT2D eigenvalue weighted by Crippen LogP contribution is -2.53. The van der Waals surface area contributed by atoms with Gasteiger partial charge < -0.3 is 9.84 Å². The van der Waals surface area contributed by atoms with E-state index in [1.54, 1.807) is 43.3 Å². The Morgan fingerprint density at radius 2 is 1.63 bits per heavy atom. The molecule has 2 aliphatic carbocycles. The number of aromatic hydroxyl groups is 1. The number of halogens is 2. The van der Waals surface area contributed by atoms with E-state index in [0.717, 1.165) is 10.6 Å². The molecule has 8 rings (SSSR count). The van der Waals surface area contributed by atoms with Crippen LogP contribution in [0.1, 0.15) is 42.4 Å². The molecule has 1 saturated carbocycles. The summed E-state index contributed by atoms with van der Waals surface area (Å²) in [4.78, 5) is 58.6. The van der Waals surface area contributed by atoms with E-state index in [0.29, 0.717) is 33.2 Å². The maximum absolute atomic E-state index is 15.2. The molecule has 2 saturated heterocycles. The highest BCUT2D eigenvalue weighted by Gasteiger charge is 2.70. The Bertz CT molecular complexity index is 2120. The summed E-state index contributed by atoms with van der Waals surface area (Å²) in [7, 11) is 0. The molecule has 4 aromatic rings. The zero-order chi connectivity index (χ0) is 36.3. The second-order valence-corrected chi connectivity index (χ2v) is 14.2. The van der Waals surface area contributed by atoms with Crippen molar-refractivity contribution in [2.24, 2.45) is 23.7 Å². The van der Waals surface area contributed by atoms with Gasteiger partial charge in [0.05, 0.1) is 28.9 Å². The highest BCUT2D eigenvalue weighted by molar-refractivity contribution is 6.30. The molecule has 264 valence electrons. The Balaban J connectivity index is 1.30. The van der Waals surface area contributed by atoms with Crippen LogP contribution < -0.4 is 10.2 Å². The molecular weight excluding hydrogens is 685 g/mol. The summed E-state index contributed by atoms with van der Waals surface area (Å²) >= 11 is 6.36. The Kier molecular flexibility index (Phi) is 8.37. The molecule has 0 spiro atoms. The molecule has 3 fully saturated rings. The zero-order valence-electron chi connectivity index (χ0n) is 28.2. The molecule has 2 heterocycles. The topological polar surface area (TPSA) is 116 Å². The summed E-state index contributed by atoms with van der Waals surface area (Å²) in [5, 5.41) is 13.3. The minimum absolute atomic E-state index is 0.105. The number of phenolic OH excluding ortho intramolecular Hbond substituents is 1. The number of carbonyl (C=O) groups is 4. The number of anilines is 1. The van der Waals surface area contributed by atoms with Crippen LogP contribution in [0.3, 0.4) is 0 Å². The molecule has 9 nitrogen and oxygen atoms in total. The van der Waals surface area contributed by atoms with E-state index in [1.165, 1.54) is 35.2 Å². The van der Waals surface area contributed by atoms with Crippen LogP contribution in [0.5, 0.6) is 11.5 Å². The number of imide groups is 2. The van der Waals surface area contributed by atoms with E-state index in [9.17, 15) is 23.9 Å². The summed E-state index contributed by atoms with van der Waals surface area (Å²) in [5.74, 6) is -5.73.